The molecule has 1 aliphatic rings. The van der Waals surface area contributed by atoms with Crippen LogP contribution < -0.4 is 0 Å². The third-order valence-corrected chi connectivity index (χ3v) is 3.68. The molecular formula is C12H17ClF5NO. The van der Waals surface area contributed by atoms with E-state index in [-0.39, 0.29) is 31.7 Å². The number of halogens is 6. The zero-order valence-electron chi connectivity index (χ0n) is 10.8. The molecule has 0 saturated heterocycles. The van der Waals surface area contributed by atoms with Crippen molar-refractivity contribution in [3.8, 4) is 0 Å². The maximum absolute atomic E-state index is 12.7. The molecule has 8 heteroatoms. The monoisotopic (exact) mass is 321 g/mol. The minimum absolute atomic E-state index is 0.00235. The SMILES string of the molecule is O=C(C1CCCC(C(F)(F)F)C1)N(CCCl)CC(F)F. The highest BCUT2D eigenvalue weighted by Gasteiger charge is 2.44. The van der Waals surface area contributed by atoms with Crippen LogP contribution in [0.5, 0.6) is 0 Å². The van der Waals surface area contributed by atoms with E-state index in [1.54, 1.807) is 0 Å². The summed E-state index contributed by atoms with van der Waals surface area (Å²) < 4.78 is 62.8. The molecule has 0 heterocycles. The topological polar surface area (TPSA) is 20.3 Å². The third-order valence-electron chi connectivity index (χ3n) is 3.51. The van der Waals surface area contributed by atoms with Crippen molar-refractivity contribution >= 4 is 17.5 Å². The molecule has 1 aliphatic carbocycles. The predicted octanol–water partition coefficient (Wildman–Crippen LogP) is 3.69. The molecule has 1 fully saturated rings. The van der Waals surface area contributed by atoms with E-state index in [9.17, 15) is 26.7 Å². The number of hydrogen-bond acceptors (Lipinski definition) is 1. The summed E-state index contributed by atoms with van der Waals surface area (Å²) in [6.07, 6.45) is -6.78. The molecule has 118 valence electrons. The van der Waals surface area contributed by atoms with Crippen molar-refractivity contribution in [1.82, 2.24) is 4.90 Å². The van der Waals surface area contributed by atoms with Crippen LogP contribution in [-0.2, 0) is 4.79 Å². The number of nitrogens with zero attached hydrogens (tertiary/aromatic N) is 1. The summed E-state index contributed by atoms with van der Waals surface area (Å²) >= 11 is 5.45. The molecule has 0 radical (unpaired) electrons. The summed E-state index contributed by atoms with van der Waals surface area (Å²) in [4.78, 5) is 12.9. The molecule has 1 rings (SSSR count). The number of carbonyl (C=O) groups excluding carboxylic acids is 1. The molecule has 0 bridgehead atoms. The first-order valence-corrected chi connectivity index (χ1v) is 6.98. The average molecular weight is 322 g/mol. The van der Waals surface area contributed by atoms with Gasteiger partial charge in [0.15, 0.2) is 0 Å². The zero-order chi connectivity index (χ0) is 15.3. The molecule has 0 aromatic heterocycles. The Kier molecular flexibility index (Phi) is 6.48. The van der Waals surface area contributed by atoms with Gasteiger partial charge in [0, 0.05) is 18.3 Å². The second kappa shape index (κ2) is 7.43. The molecule has 2 unspecified atom stereocenters. The lowest BCUT2D eigenvalue weighted by Crippen LogP contribution is -2.43. The van der Waals surface area contributed by atoms with Crippen LogP contribution in [0.2, 0.25) is 0 Å². The Balaban J connectivity index is 2.68. The third kappa shape index (κ3) is 5.07. The molecule has 0 aromatic carbocycles. The van der Waals surface area contributed by atoms with Gasteiger partial charge < -0.3 is 4.90 Å². The van der Waals surface area contributed by atoms with Gasteiger partial charge in [-0.3, -0.25) is 4.79 Å². The summed E-state index contributed by atoms with van der Waals surface area (Å²) in [5.74, 6) is -3.01. The molecule has 2 nitrogen and oxygen atoms in total. The van der Waals surface area contributed by atoms with Gasteiger partial charge in [0.25, 0.3) is 6.43 Å². The summed E-state index contributed by atoms with van der Waals surface area (Å²) in [6, 6.07) is 0. The number of amides is 1. The molecule has 0 aromatic rings. The van der Waals surface area contributed by atoms with E-state index in [0.717, 1.165) is 4.90 Å². The Morgan fingerprint density at radius 3 is 2.45 bits per heavy atom. The summed E-state index contributed by atoms with van der Waals surface area (Å²) in [5, 5.41) is 0. The van der Waals surface area contributed by atoms with Crippen LogP contribution in [0.3, 0.4) is 0 Å². The number of hydrogen-bond donors (Lipinski definition) is 0. The predicted molar refractivity (Wildman–Crippen MR) is 64.8 cm³/mol. The van der Waals surface area contributed by atoms with Gasteiger partial charge >= 0.3 is 6.18 Å². The van der Waals surface area contributed by atoms with Gasteiger partial charge in [-0.1, -0.05) is 6.42 Å². The number of alkyl halides is 6. The van der Waals surface area contributed by atoms with Crippen LogP contribution in [0.4, 0.5) is 22.0 Å². The molecule has 1 amide bonds. The van der Waals surface area contributed by atoms with Crippen LogP contribution in [0.15, 0.2) is 0 Å². The fraction of sp³-hybridized carbons (Fsp3) is 0.917. The Morgan fingerprint density at radius 1 is 1.30 bits per heavy atom. The lowest BCUT2D eigenvalue weighted by atomic mass is 9.80. The van der Waals surface area contributed by atoms with E-state index in [1.165, 1.54) is 0 Å². The van der Waals surface area contributed by atoms with E-state index < -0.39 is 36.9 Å². The van der Waals surface area contributed by atoms with E-state index in [1.807, 2.05) is 0 Å². The highest BCUT2D eigenvalue weighted by Crippen LogP contribution is 2.40. The standard InChI is InChI=1S/C12H17ClF5NO/c13-4-5-19(7-10(14)15)11(20)8-2-1-3-9(6-8)12(16,17)18/h8-10H,1-7H2. The highest BCUT2D eigenvalue weighted by atomic mass is 35.5. The van der Waals surface area contributed by atoms with E-state index >= 15 is 0 Å². The van der Waals surface area contributed by atoms with Crippen LogP contribution in [0, 0.1) is 11.8 Å². The van der Waals surface area contributed by atoms with Crippen molar-refractivity contribution in [2.24, 2.45) is 11.8 Å². The molecule has 1 saturated carbocycles. The highest BCUT2D eigenvalue weighted by molar-refractivity contribution is 6.18. The average Bonchev–Trinajstić information content (AvgIpc) is 2.36. The van der Waals surface area contributed by atoms with Crippen molar-refractivity contribution in [3.05, 3.63) is 0 Å². The van der Waals surface area contributed by atoms with Crippen molar-refractivity contribution in [1.29, 1.82) is 0 Å². The number of carbonyl (C=O) groups is 1. The lowest BCUT2D eigenvalue weighted by Gasteiger charge is -2.33. The zero-order valence-corrected chi connectivity index (χ0v) is 11.6. The first kappa shape index (κ1) is 17.5. The van der Waals surface area contributed by atoms with Gasteiger partial charge in [-0.2, -0.15) is 13.2 Å². The van der Waals surface area contributed by atoms with Gasteiger partial charge in [0.05, 0.1) is 12.5 Å². The Hall–Kier alpha value is -0.590. The fourth-order valence-corrected chi connectivity index (χ4v) is 2.73. The molecule has 0 spiro atoms. The van der Waals surface area contributed by atoms with Crippen LogP contribution in [0.1, 0.15) is 25.7 Å². The van der Waals surface area contributed by atoms with Crippen LogP contribution >= 0.6 is 11.6 Å². The summed E-state index contributed by atoms with van der Waals surface area (Å²) in [7, 11) is 0. The first-order valence-electron chi connectivity index (χ1n) is 6.45. The van der Waals surface area contributed by atoms with Gasteiger partial charge in [0.1, 0.15) is 0 Å². The second-order valence-electron chi connectivity index (χ2n) is 4.97. The quantitative estimate of drug-likeness (QED) is 0.558. The summed E-state index contributed by atoms with van der Waals surface area (Å²) in [6.45, 7) is -0.851. The normalized spacial score (nSPS) is 23.9. The molecular weight excluding hydrogens is 305 g/mol. The minimum Gasteiger partial charge on any atom is -0.336 e. The molecule has 0 aliphatic heterocycles. The van der Waals surface area contributed by atoms with Gasteiger partial charge in [-0.15, -0.1) is 11.6 Å². The maximum Gasteiger partial charge on any atom is 0.391 e. The van der Waals surface area contributed by atoms with Gasteiger partial charge in [-0.25, -0.2) is 8.78 Å². The van der Waals surface area contributed by atoms with Gasteiger partial charge in [-0.05, 0) is 19.3 Å². The van der Waals surface area contributed by atoms with Crippen molar-refractivity contribution in [2.45, 2.75) is 38.3 Å². The van der Waals surface area contributed by atoms with Crippen molar-refractivity contribution in [3.63, 3.8) is 0 Å². The fourth-order valence-electron chi connectivity index (χ4n) is 2.53. The van der Waals surface area contributed by atoms with E-state index in [0.29, 0.717) is 6.42 Å². The smallest absolute Gasteiger partial charge is 0.336 e. The molecule has 20 heavy (non-hydrogen) atoms. The second-order valence-corrected chi connectivity index (χ2v) is 5.34. The largest absolute Gasteiger partial charge is 0.391 e. The first-order chi connectivity index (χ1) is 9.25. The van der Waals surface area contributed by atoms with Crippen LogP contribution in [-0.4, -0.2) is 42.4 Å². The Bertz CT molecular complexity index is 323. The lowest BCUT2D eigenvalue weighted by molar-refractivity contribution is -0.187. The van der Waals surface area contributed by atoms with E-state index in [4.69, 9.17) is 11.6 Å². The maximum atomic E-state index is 12.7. The Morgan fingerprint density at radius 2 is 1.95 bits per heavy atom. The molecule has 2 atom stereocenters. The van der Waals surface area contributed by atoms with E-state index in [2.05, 4.69) is 0 Å². The van der Waals surface area contributed by atoms with Crippen LogP contribution in [0.25, 0.3) is 0 Å². The minimum atomic E-state index is -4.33. The summed E-state index contributed by atoms with van der Waals surface area (Å²) in [5.41, 5.74) is 0. The van der Waals surface area contributed by atoms with Crippen molar-refractivity contribution < 1.29 is 26.7 Å². The van der Waals surface area contributed by atoms with Crippen molar-refractivity contribution in [2.75, 3.05) is 19.0 Å². The Labute approximate surface area is 119 Å². The molecule has 0 N–H and O–H groups in total. The van der Waals surface area contributed by atoms with Gasteiger partial charge in [0.2, 0.25) is 5.91 Å². The number of rotatable bonds is 5.